The second kappa shape index (κ2) is 6.48. The highest BCUT2D eigenvalue weighted by Gasteiger charge is 1.84. The van der Waals surface area contributed by atoms with Gasteiger partial charge in [-0.15, -0.1) is 5.73 Å². The summed E-state index contributed by atoms with van der Waals surface area (Å²) < 4.78 is 0. The number of hydrogen-bond acceptors (Lipinski definition) is 0. The second-order valence-corrected chi connectivity index (χ2v) is 2.44. The molecule has 1 aromatic carbocycles. The van der Waals surface area contributed by atoms with Gasteiger partial charge in [-0.25, -0.2) is 0 Å². The molecule has 0 fully saturated rings. The molecule has 0 saturated heterocycles. The molecule has 0 aliphatic rings. The van der Waals surface area contributed by atoms with Crippen molar-refractivity contribution in [1.82, 2.24) is 0 Å². The number of halogens is 1. The van der Waals surface area contributed by atoms with E-state index in [9.17, 15) is 0 Å². The normalized spacial score (nSPS) is 7.42. The smallest absolute Gasteiger partial charge is 0.0406 e. The lowest BCUT2D eigenvalue weighted by Gasteiger charge is -1.89. The van der Waals surface area contributed by atoms with Crippen molar-refractivity contribution in [3.63, 3.8) is 0 Å². The van der Waals surface area contributed by atoms with Crippen molar-refractivity contribution in [1.29, 1.82) is 0 Å². The van der Waals surface area contributed by atoms with Crippen LogP contribution in [0.5, 0.6) is 0 Å². The molecule has 0 bridgehead atoms. The summed E-state index contributed by atoms with van der Waals surface area (Å²) in [5.74, 6) is 0. The molecule has 1 heteroatoms. The summed E-state index contributed by atoms with van der Waals surface area (Å²) in [6, 6.07) is 7.54. The first-order chi connectivity index (χ1) is 5.74. The third kappa shape index (κ3) is 4.56. The van der Waals surface area contributed by atoms with Gasteiger partial charge < -0.3 is 0 Å². The van der Waals surface area contributed by atoms with Gasteiger partial charge in [-0.3, -0.25) is 0 Å². The Labute approximate surface area is 78.5 Å². The molecule has 0 aliphatic carbocycles. The molecule has 0 heterocycles. The van der Waals surface area contributed by atoms with Crippen molar-refractivity contribution in [2.75, 3.05) is 0 Å². The summed E-state index contributed by atoms with van der Waals surface area (Å²) in [5, 5.41) is 0.764. The Balaban J connectivity index is 0.000000354. The molecule has 0 amide bonds. The Kier molecular flexibility index (Phi) is 5.81. The second-order valence-electron chi connectivity index (χ2n) is 2.01. The van der Waals surface area contributed by atoms with Gasteiger partial charge in [0.15, 0.2) is 0 Å². The Morgan fingerprint density at radius 2 is 1.58 bits per heavy atom. The van der Waals surface area contributed by atoms with Crippen LogP contribution in [0.25, 0.3) is 6.08 Å². The third-order valence-corrected chi connectivity index (χ3v) is 1.36. The molecule has 0 nitrogen and oxygen atoms in total. The maximum Gasteiger partial charge on any atom is 0.0406 e. The van der Waals surface area contributed by atoms with Crippen LogP contribution in [0.4, 0.5) is 0 Å². The molecule has 0 unspecified atom stereocenters. The van der Waals surface area contributed by atoms with Gasteiger partial charge in [-0.2, -0.15) is 0 Å². The molecule has 12 heavy (non-hydrogen) atoms. The highest BCUT2D eigenvalue weighted by atomic mass is 35.5. The number of rotatable bonds is 1. The van der Waals surface area contributed by atoms with E-state index in [-0.39, 0.29) is 0 Å². The maximum absolute atomic E-state index is 5.63. The van der Waals surface area contributed by atoms with Crippen LogP contribution in [0.3, 0.4) is 0 Å². The molecule has 0 radical (unpaired) electrons. The largest absolute Gasteiger partial charge is 0.137 e. The first-order valence-electron chi connectivity index (χ1n) is 3.41. The van der Waals surface area contributed by atoms with Crippen molar-refractivity contribution >= 4 is 17.7 Å². The first-order valence-corrected chi connectivity index (χ1v) is 3.79. The van der Waals surface area contributed by atoms with Crippen molar-refractivity contribution in [3.8, 4) is 0 Å². The number of hydrogen-bond donors (Lipinski definition) is 0. The Morgan fingerprint density at radius 1 is 1.17 bits per heavy atom. The zero-order valence-electron chi connectivity index (χ0n) is 6.89. The lowest BCUT2D eigenvalue weighted by molar-refractivity contribution is 1.66. The molecular formula is C11H11Cl. The zero-order chi connectivity index (χ0) is 9.40. The van der Waals surface area contributed by atoms with Crippen LogP contribution >= 0.6 is 11.6 Å². The Hall–Kier alpha value is -1.23. The minimum atomic E-state index is 0.764. The van der Waals surface area contributed by atoms with Crippen molar-refractivity contribution in [2.24, 2.45) is 0 Å². The lowest BCUT2D eigenvalue weighted by atomic mass is 10.2. The molecule has 1 aromatic rings. The molecular weight excluding hydrogens is 168 g/mol. The zero-order valence-corrected chi connectivity index (χ0v) is 7.64. The summed E-state index contributed by atoms with van der Waals surface area (Å²) in [6.07, 6.45) is 1.79. The monoisotopic (exact) mass is 178 g/mol. The van der Waals surface area contributed by atoms with Gasteiger partial charge in [-0.1, -0.05) is 49.5 Å². The van der Waals surface area contributed by atoms with E-state index >= 15 is 0 Å². The average Bonchev–Trinajstić information content (AvgIpc) is 2.07. The van der Waals surface area contributed by atoms with Gasteiger partial charge in [0.1, 0.15) is 0 Å². The SMILES string of the molecule is C=C=C.C=Cc1ccc(Cl)cc1. The molecule has 0 saturated carbocycles. The molecule has 0 aliphatic heterocycles. The highest BCUT2D eigenvalue weighted by molar-refractivity contribution is 6.30. The minimum Gasteiger partial charge on any atom is -0.137 e. The maximum atomic E-state index is 5.63. The highest BCUT2D eigenvalue weighted by Crippen LogP contribution is 2.09. The van der Waals surface area contributed by atoms with Crippen LogP contribution in [-0.4, -0.2) is 0 Å². The molecule has 0 aromatic heterocycles. The minimum absolute atomic E-state index is 0.764. The quantitative estimate of drug-likeness (QED) is 0.572. The van der Waals surface area contributed by atoms with Crippen LogP contribution in [-0.2, 0) is 0 Å². The summed E-state index contributed by atoms with van der Waals surface area (Å²) in [5.41, 5.74) is 3.35. The number of benzene rings is 1. The van der Waals surface area contributed by atoms with E-state index in [2.05, 4.69) is 25.5 Å². The van der Waals surface area contributed by atoms with Gasteiger partial charge >= 0.3 is 0 Å². The van der Waals surface area contributed by atoms with E-state index in [1.54, 1.807) is 6.08 Å². The molecule has 0 atom stereocenters. The van der Waals surface area contributed by atoms with Crippen molar-refractivity contribution in [2.45, 2.75) is 0 Å². The van der Waals surface area contributed by atoms with Crippen LogP contribution in [0.2, 0.25) is 5.02 Å². The molecule has 0 N–H and O–H groups in total. The molecule has 0 spiro atoms. The summed E-state index contributed by atoms with van der Waals surface area (Å²) in [7, 11) is 0. The Bertz CT molecular complexity index is 264. The fourth-order valence-electron chi connectivity index (χ4n) is 0.599. The standard InChI is InChI=1S/C8H7Cl.C3H4/c1-2-7-3-5-8(9)6-4-7;1-3-2/h2-6H,1H2;1-2H2. The summed E-state index contributed by atoms with van der Waals surface area (Å²) in [4.78, 5) is 0. The third-order valence-electron chi connectivity index (χ3n) is 1.11. The van der Waals surface area contributed by atoms with E-state index in [0.29, 0.717) is 0 Å². The van der Waals surface area contributed by atoms with E-state index in [0.717, 1.165) is 10.6 Å². The van der Waals surface area contributed by atoms with Gasteiger partial charge in [-0.05, 0) is 17.7 Å². The van der Waals surface area contributed by atoms with E-state index in [4.69, 9.17) is 11.6 Å². The van der Waals surface area contributed by atoms with Crippen LogP contribution in [0.1, 0.15) is 5.56 Å². The van der Waals surface area contributed by atoms with E-state index in [1.165, 1.54) is 0 Å². The van der Waals surface area contributed by atoms with Gasteiger partial charge in [0.2, 0.25) is 0 Å². The topological polar surface area (TPSA) is 0 Å². The molecule has 62 valence electrons. The van der Waals surface area contributed by atoms with Crippen LogP contribution in [0, 0.1) is 0 Å². The Morgan fingerprint density at radius 3 is 1.92 bits per heavy atom. The van der Waals surface area contributed by atoms with E-state index < -0.39 is 0 Å². The van der Waals surface area contributed by atoms with Gasteiger partial charge in [0, 0.05) is 5.02 Å². The lowest BCUT2D eigenvalue weighted by Crippen LogP contribution is -1.67. The predicted molar refractivity (Wildman–Crippen MR) is 56.3 cm³/mol. The summed E-state index contributed by atoms with van der Waals surface area (Å²) in [6.45, 7) is 9.87. The van der Waals surface area contributed by atoms with Crippen LogP contribution in [0.15, 0.2) is 49.7 Å². The first kappa shape index (κ1) is 10.8. The fraction of sp³-hybridized carbons (Fsp3) is 0. The summed E-state index contributed by atoms with van der Waals surface area (Å²) >= 11 is 5.63. The van der Waals surface area contributed by atoms with Gasteiger partial charge in [0.25, 0.3) is 0 Å². The molecule has 1 rings (SSSR count). The van der Waals surface area contributed by atoms with Crippen LogP contribution < -0.4 is 0 Å². The predicted octanol–water partition coefficient (Wildman–Crippen LogP) is 3.94. The van der Waals surface area contributed by atoms with Gasteiger partial charge in [0.05, 0.1) is 0 Å². The van der Waals surface area contributed by atoms with E-state index in [1.807, 2.05) is 24.3 Å². The van der Waals surface area contributed by atoms with Crippen molar-refractivity contribution < 1.29 is 0 Å². The fourth-order valence-corrected chi connectivity index (χ4v) is 0.725. The van der Waals surface area contributed by atoms with Crippen molar-refractivity contribution in [3.05, 3.63) is 60.3 Å². The average molecular weight is 179 g/mol.